The second-order valence-electron chi connectivity index (χ2n) is 5.41. The summed E-state index contributed by atoms with van der Waals surface area (Å²) in [6, 6.07) is 7.07. The van der Waals surface area contributed by atoms with Crippen LogP contribution in [0.3, 0.4) is 0 Å². The molecule has 0 amide bonds. The van der Waals surface area contributed by atoms with Crippen molar-refractivity contribution < 1.29 is 8.78 Å². The number of nitrogens with one attached hydrogen (secondary N) is 1. The Morgan fingerprint density at radius 1 is 1.25 bits per heavy atom. The van der Waals surface area contributed by atoms with Gasteiger partial charge in [-0.15, -0.1) is 0 Å². The van der Waals surface area contributed by atoms with Gasteiger partial charge in [-0.1, -0.05) is 44.7 Å². The fraction of sp³-hybridized carbons (Fsp3) is 0.357. The minimum Gasteiger partial charge on any atom is -0.337 e. The van der Waals surface area contributed by atoms with Crippen molar-refractivity contribution >= 4 is 24.0 Å². The van der Waals surface area contributed by atoms with E-state index < -0.39 is 5.76 Å². The lowest BCUT2D eigenvalue weighted by molar-refractivity contribution is 0.252. The summed E-state index contributed by atoms with van der Waals surface area (Å²) in [7, 11) is 0. The van der Waals surface area contributed by atoms with Crippen molar-refractivity contribution in [1.29, 1.82) is 0 Å². The number of aromatic amines is 1. The van der Waals surface area contributed by atoms with E-state index in [1.165, 1.54) is 0 Å². The molecule has 20 heavy (non-hydrogen) atoms. The average molecular weight is 314 g/mol. The summed E-state index contributed by atoms with van der Waals surface area (Å²) in [4.78, 5) is 3.52. The Morgan fingerprint density at radius 2 is 1.90 bits per heavy atom. The van der Waals surface area contributed by atoms with Gasteiger partial charge in [0, 0.05) is 22.2 Å². The second-order valence-corrected chi connectivity index (χ2v) is 6.83. The van der Waals surface area contributed by atoms with E-state index in [2.05, 4.69) is 25.8 Å². The van der Waals surface area contributed by atoms with Gasteiger partial charge in [-0.3, -0.25) is 4.57 Å². The van der Waals surface area contributed by atoms with Gasteiger partial charge in [0.25, 0.3) is 5.76 Å². The lowest BCUT2D eigenvalue weighted by Gasteiger charge is -2.22. The molecule has 0 saturated heterocycles. The zero-order valence-corrected chi connectivity index (χ0v) is 13.1. The van der Waals surface area contributed by atoms with Gasteiger partial charge < -0.3 is 4.98 Å². The van der Waals surface area contributed by atoms with Gasteiger partial charge in [0.15, 0.2) is 4.77 Å². The van der Waals surface area contributed by atoms with Gasteiger partial charge in [0.2, 0.25) is 0 Å². The van der Waals surface area contributed by atoms with Crippen molar-refractivity contribution in [3.63, 3.8) is 0 Å². The van der Waals surface area contributed by atoms with Crippen LogP contribution in [0.15, 0.2) is 35.4 Å². The largest absolute Gasteiger partial charge is 0.337 e. The Balaban J connectivity index is 2.64. The molecule has 0 spiro atoms. The van der Waals surface area contributed by atoms with Crippen LogP contribution in [0.5, 0.6) is 0 Å². The number of imidazole rings is 1. The third kappa shape index (κ3) is 3.12. The normalized spacial score (nSPS) is 12.1. The van der Waals surface area contributed by atoms with Crippen LogP contribution in [-0.4, -0.2) is 15.3 Å². The lowest BCUT2D eigenvalue weighted by atomic mass is 9.92. The van der Waals surface area contributed by atoms with E-state index >= 15 is 0 Å². The minimum atomic E-state index is -2.46. The van der Waals surface area contributed by atoms with Crippen LogP contribution in [0, 0.1) is 4.77 Å². The summed E-state index contributed by atoms with van der Waals surface area (Å²) in [6.07, 6.45) is 1.84. The molecule has 0 saturated carbocycles. The number of rotatable bonds is 3. The van der Waals surface area contributed by atoms with Crippen LogP contribution >= 0.6 is 24.0 Å². The second kappa shape index (κ2) is 5.69. The summed E-state index contributed by atoms with van der Waals surface area (Å²) in [5.41, 5.74) is 1.51. The Hall–Kier alpha value is -1.14. The third-order valence-corrected chi connectivity index (χ3v) is 3.94. The Bertz CT molecular complexity index is 654. The smallest absolute Gasteiger partial charge is 0.288 e. The van der Waals surface area contributed by atoms with E-state index in [9.17, 15) is 8.78 Å². The molecular formula is C14H16F2N2S2. The van der Waals surface area contributed by atoms with Crippen LogP contribution < -0.4 is 0 Å². The van der Waals surface area contributed by atoms with Crippen LogP contribution in [0.2, 0.25) is 0 Å². The van der Waals surface area contributed by atoms with E-state index in [0.29, 0.717) is 27.1 Å². The Labute approximate surface area is 126 Å². The van der Waals surface area contributed by atoms with Crippen LogP contribution in [-0.2, 0) is 5.41 Å². The summed E-state index contributed by atoms with van der Waals surface area (Å²) in [6.45, 7) is 6.18. The monoisotopic (exact) mass is 314 g/mol. The van der Waals surface area contributed by atoms with Crippen molar-refractivity contribution in [3.05, 3.63) is 40.9 Å². The van der Waals surface area contributed by atoms with Gasteiger partial charge in [0.05, 0.1) is 5.69 Å². The van der Waals surface area contributed by atoms with Crippen molar-refractivity contribution in [3.8, 4) is 5.69 Å². The third-order valence-electron chi connectivity index (χ3n) is 2.87. The van der Waals surface area contributed by atoms with Gasteiger partial charge in [-0.05, 0) is 24.4 Å². The number of H-pyrrole nitrogens is 1. The first-order valence-corrected chi connectivity index (χ1v) is 7.44. The lowest BCUT2D eigenvalue weighted by Crippen LogP contribution is -2.17. The Morgan fingerprint density at radius 3 is 2.50 bits per heavy atom. The molecule has 0 atom stereocenters. The van der Waals surface area contributed by atoms with Crippen molar-refractivity contribution in [2.45, 2.75) is 36.8 Å². The molecular weight excluding hydrogens is 298 g/mol. The Kier molecular flexibility index (Phi) is 4.34. The van der Waals surface area contributed by atoms with E-state index in [-0.39, 0.29) is 5.41 Å². The SMILES string of the molecule is CC(C)(C)c1c[nH]c(=S)n1-c1ccccc1SC(F)F. The van der Waals surface area contributed by atoms with Crippen LogP contribution in [0.1, 0.15) is 26.5 Å². The number of hydrogen-bond donors (Lipinski definition) is 1. The number of alkyl halides is 2. The first kappa shape index (κ1) is 15.3. The predicted molar refractivity (Wildman–Crippen MR) is 81.5 cm³/mol. The molecule has 2 nitrogen and oxygen atoms in total. The van der Waals surface area contributed by atoms with Crippen LogP contribution in [0.4, 0.5) is 8.78 Å². The molecule has 0 radical (unpaired) electrons. The van der Waals surface area contributed by atoms with Gasteiger partial charge in [-0.25, -0.2) is 0 Å². The molecule has 1 heterocycles. The predicted octanol–water partition coefficient (Wildman–Crippen LogP) is 5.15. The highest BCUT2D eigenvalue weighted by Gasteiger charge is 2.22. The highest BCUT2D eigenvalue weighted by Crippen LogP contribution is 2.33. The summed E-state index contributed by atoms with van der Waals surface area (Å²) in [5, 5.41) is 0. The summed E-state index contributed by atoms with van der Waals surface area (Å²) in [5.74, 6) is -2.46. The molecule has 1 aromatic heterocycles. The molecule has 0 aliphatic rings. The highest BCUT2D eigenvalue weighted by atomic mass is 32.2. The number of thioether (sulfide) groups is 1. The molecule has 0 aliphatic heterocycles. The first-order chi connectivity index (χ1) is 9.30. The fourth-order valence-electron chi connectivity index (χ4n) is 2.00. The minimum absolute atomic E-state index is 0.143. The maximum atomic E-state index is 12.7. The molecule has 0 fully saturated rings. The molecule has 1 N–H and O–H groups in total. The zero-order chi connectivity index (χ0) is 14.9. The number of aromatic nitrogens is 2. The molecule has 0 unspecified atom stereocenters. The van der Waals surface area contributed by atoms with Crippen LogP contribution in [0.25, 0.3) is 5.69 Å². The molecule has 108 valence electrons. The maximum Gasteiger partial charge on any atom is 0.288 e. The standard InChI is InChI=1S/C14H16F2N2S2/c1-14(2,3)11-8-17-13(19)18(11)9-6-4-5-7-10(9)20-12(15)16/h4-8,12H,1-3H3,(H,17,19). The number of hydrogen-bond acceptors (Lipinski definition) is 2. The van der Waals surface area contributed by atoms with Crippen molar-refractivity contribution in [2.75, 3.05) is 0 Å². The van der Waals surface area contributed by atoms with E-state index in [4.69, 9.17) is 12.2 Å². The summed E-state index contributed by atoms with van der Waals surface area (Å²) < 4.78 is 27.7. The van der Waals surface area contributed by atoms with Gasteiger partial charge in [0.1, 0.15) is 0 Å². The quantitative estimate of drug-likeness (QED) is 0.625. The zero-order valence-electron chi connectivity index (χ0n) is 11.5. The topological polar surface area (TPSA) is 20.7 Å². The molecule has 6 heteroatoms. The number of benzene rings is 1. The number of nitrogens with zero attached hydrogens (tertiary/aromatic N) is 1. The van der Waals surface area contributed by atoms with Gasteiger partial charge in [-0.2, -0.15) is 8.78 Å². The molecule has 2 aromatic rings. The molecule has 0 aliphatic carbocycles. The highest BCUT2D eigenvalue weighted by molar-refractivity contribution is 7.99. The molecule has 2 rings (SSSR count). The maximum absolute atomic E-state index is 12.7. The van der Waals surface area contributed by atoms with Gasteiger partial charge >= 0.3 is 0 Å². The van der Waals surface area contributed by atoms with E-state index in [1.54, 1.807) is 12.1 Å². The first-order valence-electron chi connectivity index (χ1n) is 6.16. The molecule has 0 bridgehead atoms. The average Bonchev–Trinajstić information content (AvgIpc) is 2.71. The van der Waals surface area contributed by atoms with Crippen molar-refractivity contribution in [2.24, 2.45) is 0 Å². The fourth-order valence-corrected chi connectivity index (χ4v) is 2.88. The van der Waals surface area contributed by atoms with E-state index in [1.807, 2.05) is 22.9 Å². The number of para-hydroxylation sites is 1. The van der Waals surface area contributed by atoms with Crippen molar-refractivity contribution in [1.82, 2.24) is 9.55 Å². The number of halogens is 2. The van der Waals surface area contributed by atoms with E-state index in [0.717, 1.165) is 5.69 Å². The molecule has 1 aromatic carbocycles. The summed E-state index contributed by atoms with van der Waals surface area (Å²) >= 11 is 5.84.